The number of nitrogens with one attached hydrogen (secondary N) is 1. The number of rotatable bonds is 5. The second-order valence-electron chi connectivity index (χ2n) is 3.69. The van der Waals surface area contributed by atoms with E-state index in [1.807, 2.05) is 18.2 Å². The van der Waals surface area contributed by atoms with E-state index in [0.29, 0.717) is 24.3 Å². The van der Waals surface area contributed by atoms with Crippen LogP contribution < -0.4 is 10.1 Å². The van der Waals surface area contributed by atoms with E-state index in [1.165, 1.54) is 7.11 Å². The van der Waals surface area contributed by atoms with Crippen LogP contribution in [-0.2, 0) is 6.42 Å². The first-order valence-electron chi connectivity index (χ1n) is 5.68. The number of methoxy groups -OCH3 is 1. The van der Waals surface area contributed by atoms with Gasteiger partial charge in [-0.3, -0.25) is 4.98 Å². The highest BCUT2D eigenvalue weighted by Gasteiger charge is 2.03. The number of pyridine rings is 1. The highest BCUT2D eigenvalue weighted by molar-refractivity contribution is 5.26. The van der Waals surface area contributed by atoms with Crippen LogP contribution in [0.1, 0.15) is 11.5 Å². The minimum Gasteiger partial charge on any atom is -0.467 e. The zero-order valence-corrected chi connectivity index (χ0v) is 10.4. The summed E-state index contributed by atoms with van der Waals surface area (Å²) in [6.45, 7) is 2.51. The Balaban J connectivity index is 1.92. The first-order chi connectivity index (χ1) is 8.78. The van der Waals surface area contributed by atoms with E-state index >= 15 is 0 Å². The van der Waals surface area contributed by atoms with Gasteiger partial charge in [0.25, 0.3) is 0 Å². The third-order valence-corrected chi connectivity index (χ3v) is 2.30. The first-order valence-corrected chi connectivity index (χ1v) is 5.68. The summed E-state index contributed by atoms with van der Waals surface area (Å²) in [5.74, 6) is 1.15. The molecule has 94 valence electrons. The molecule has 2 aromatic heterocycles. The molecule has 0 bridgehead atoms. The van der Waals surface area contributed by atoms with Crippen LogP contribution in [0.25, 0.3) is 0 Å². The van der Waals surface area contributed by atoms with Crippen LogP contribution in [-0.4, -0.2) is 33.6 Å². The van der Waals surface area contributed by atoms with Gasteiger partial charge < -0.3 is 10.1 Å². The molecule has 2 heterocycles. The van der Waals surface area contributed by atoms with Crippen molar-refractivity contribution in [2.75, 3.05) is 19.0 Å². The normalized spacial score (nSPS) is 10.1. The average molecular weight is 245 g/mol. The SMILES string of the molecule is COc1nc(C)nc(NCCc2ccccn2)n1. The maximum atomic E-state index is 4.99. The minimum atomic E-state index is 0.322. The Kier molecular flexibility index (Phi) is 4.01. The molecule has 18 heavy (non-hydrogen) atoms. The van der Waals surface area contributed by atoms with E-state index in [2.05, 4.69) is 25.3 Å². The molecule has 0 aromatic carbocycles. The largest absolute Gasteiger partial charge is 0.467 e. The van der Waals surface area contributed by atoms with Gasteiger partial charge in [-0.1, -0.05) is 6.07 Å². The van der Waals surface area contributed by atoms with Crippen LogP contribution in [0.5, 0.6) is 6.01 Å². The lowest BCUT2D eigenvalue weighted by molar-refractivity contribution is 0.377. The molecule has 0 spiro atoms. The van der Waals surface area contributed by atoms with Crippen molar-refractivity contribution in [3.8, 4) is 6.01 Å². The Hall–Kier alpha value is -2.24. The van der Waals surface area contributed by atoms with Crippen molar-refractivity contribution >= 4 is 5.95 Å². The number of aryl methyl sites for hydroxylation is 1. The van der Waals surface area contributed by atoms with E-state index in [9.17, 15) is 0 Å². The lowest BCUT2D eigenvalue weighted by Crippen LogP contribution is -2.10. The Bertz CT molecular complexity index is 503. The van der Waals surface area contributed by atoms with Crippen molar-refractivity contribution in [1.82, 2.24) is 19.9 Å². The van der Waals surface area contributed by atoms with E-state index < -0.39 is 0 Å². The molecule has 2 rings (SSSR count). The van der Waals surface area contributed by atoms with Gasteiger partial charge in [-0.15, -0.1) is 0 Å². The molecular formula is C12H15N5O. The highest BCUT2D eigenvalue weighted by atomic mass is 16.5. The van der Waals surface area contributed by atoms with Crippen molar-refractivity contribution in [1.29, 1.82) is 0 Å². The third kappa shape index (κ3) is 3.38. The maximum absolute atomic E-state index is 4.99. The summed E-state index contributed by atoms with van der Waals surface area (Å²) in [6.07, 6.45) is 2.60. The fourth-order valence-electron chi connectivity index (χ4n) is 1.48. The van der Waals surface area contributed by atoms with Crippen LogP contribution in [0, 0.1) is 6.92 Å². The summed E-state index contributed by atoms with van der Waals surface area (Å²) in [4.78, 5) is 16.6. The summed E-state index contributed by atoms with van der Waals surface area (Å²) in [5, 5.41) is 3.13. The van der Waals surface area contributed by atoms with E-state index in [0.717, 1.165) is 12.1 Å². The lowest BCUT2D eigenvalue weighted by atomic mass is 10.3. The van der Waals surface area contributed by atoms with Crippen molar-refractivity contribution in [2.45, 2.75) is 13.3 Å². The predicted molar refractivity (Wildman–Crippen MR) is 67.5 cm³/mol. The first kappa shape index (κ1) is 12.2. The van der Waals surface area contributed by atoms with Gasteiger partial charge in [0, 0.05) is 24.9 Å². The van der Waals surface area contributed by atoms with Gasteiger partial charge in [-0.25, -0.2) is 0 Å². The summed E-state index contributed by atoms with van der Waals surface area (Å²) in [7, 11) is 1.53. The number of hydrogen-bond acceptors (Lipinski definition) is 6. The molecule has 0 saturated heterocycles. The third-order valence-electron chi connectivity index (χ3n) is 2.30. The van der Waals surface area contributed by atoms with Gasteiger partial charge in [-0.2, -0.15) is 15.0 Å². The molecule has 0 aliphatic heterocycles. The zero-order chi connectivity index (χ0) is 12.8. The predicted octanol–water partition coefficient (Wildman–Crippen LogP) is 1.24. The molecule has 0 saturated carbocycles. The van der Waals surface area contributed by atoms with Crippen LogP contribution in [0.4, 0.5) is 5.95 Å². The van der Waals surface area contributed by atoms with Gasteiger partial charge in [0.15, 0.2) is 0 Å². The van der Waals surface area contributed by atoms with Crippen molar-refractivity contribution in [3.05, 3.63) is 35.9 Å². The zero-order valence-electron chi connectivity index (χ0n) is 10.4. The van der Waals surface area contributed by atoms with E-state index in [-0.39, 0.29) is 0 Å². The van der Waals surface area contributed by atoms with E-state index in [4.69, 9.17) is 4.74 Å². The molecule has 2 aromatic rings. The van der Waals surface area contributed by atoms with Gasteiger partial charge in [0.1, 0.15) is 5.82 Å². The maximum Gasteiger partial charge on any atom is 0.321 e. The van der Waals surface area contributed by atoms with Crippen molar-refractivity contribution < 1.29 is 4.74 Å². The number of nitrogens with zero attached hydrogens (tertiary/aromatic N) is 4. The van der Waals surface area contributed by atoms with Gasteiger partial charge >= 0.3 is 6.01 Å². The fourth-order valence-corrected chi connectivity index (χ4v) is 1.48. The molecule has 6 heteroatoms. The Morgan fingerprint density at radius 1 is 1.22 bits per heavy atom. The Labute approximate surface area is 105 Å². The molecule has 1 N–H and O–H groups in total. The van der Waals surface area contributed by atoms with Crippen LogP contribution in [0.15, 0.2) is 24.4 Å². The smallest absolute Gasteiger partial charge is 0.321 e. The molecule has 6 nitrogen and oxygen atoms in total. The van der Waals surface area contributed by atoms with Crippen LogP contribution in [0.3, 0.4) is 0 Å². The Morgan fingerprint density at radius 2 is 2.11 bits per heavy atom. The molecule has 0 radical (unpaired) electrons. The minimum absolute atomic E-state index is 0.322. The summed E-state index contributed by atoms with van der Waals surface area (Å²) in [6, 6.07) is 6.18. The molecule has 0 unspecified atom stereocenters. The van der Waals surface area contributed by atoms with Crippen LogP contribution in [0.2, 0.25) is 0 Å². The lowest BCUT2D eigenvalue weighted by Gasteiger charge is -2.06. The van der Waals surface area contributed by atoms with Crippen molar-refractivity contribution in [3.63, 3.8) is 0 Å². The number of aromatic nitrogens is 4. The number of hydrogen-bond donors (Lipinski definition) is 1. The fraction of sp³-hybridized carbons (Fsp3) is 0.333. The summed E-state index contributed by atoms with van der Waals surface area (Å²) >= 11 is 0. The molecule has 0 aliphatic rings. The number of anilines is 1. The molecule has 0 aliphatic carbocycles. The molecule has 0 amide bonds. The summed E-state index contributed by atoms with van der Waals surface area (Å²) < 4.78 is 4.99. The molecule has 0 atom stereocenters. The van der Waals surface area contributed by atoms with Gasteiger partial charge in [0.05, 0.1) is 7.11 Å². The van der Waals surface area contributed by atoms with Gasteiger partial charge in [0.2, 0.25) is 5.95 Å². The molecule has 0 fully saturated rings. The number of ether oxygens (including phenoxy) is 1. The Morgan fingerprint density at radius 3 is 2.83 bits per heavy atom. The van der Waals surface area contributed by atoms with E-state index in [1.54, 1.807) is 13.1 Å². The summed E-state index contributed by atoms with van der Waals surface area (Å²) in [5.41, 5.74) is 1.03. The topological polar surface area (TPSA) is 72.8 Å². The van der Waals surface area contributed by atoms with Crippen LogP contribution >= 0.6 is 0 Å². The molecular weight excluding hydrogens is 230 g/mol. The highest BCUT2D eigenvalue weighted by Crippen LogP contribution is 2.06. The standard InChI is InChI=1S/C12H15N5O/c1-9-15-11(17-12(16-9)18-2)14-8-6-10-5-3-4-7-13-10/h3-5,7H,6,8H2,1-2H3,(H,14,15,16,17). The van der Waals surface area contributed by atoms with Gasteiger partial charge in [-0.05, 0) is 19.1 Å². The van der Waals surface area contributed by atoms with Crippen molar-refractivity contribution in [2.24, 2.45) is 0 Å². The average Bonchev–Trinajstić information content (AvgIpc) is 2.39. The second-order valence-corrected chi connectivity index (χ2v) is 3.69. The second kappa shape index (κ2) is 5.90. The quantitative estimate of drug-likeness (QED) is 0.854. The monoisotopic (exact) mass is 245 g/mol.